The lowest BCUT2D eigenvalue weighted by Crippen LogP contribution is -2.09. The Morgan fingerprint density at radius 1 is 1.24 bits per heavy atom. The van der Waals surface area contributed by atoms with Crippen molar-refractivity contribution in [3.63, 3.8) is 0 Å². The number of anilines is 1. The highest BCUT2D eigenvalue weighted by atomic mass is 35.5. The van der Waals surface area contributed by atoms with E-state index in [-0.39, 0.29) is 17.4 Å². The molecule has 1 atom stereocenters. The van der Waals surface area contributed by atoms with E-state index < -0.39 is 10.7 Å². The number of halogens is 3. The summed E-state index contributed by atoms with van der Waals surface area (Å²) in [6.45, 7) is 1.79. The van der Waals surface area contributed by atoms with Gasteiger partial charge >= 0.3 is 0 Å². The molecule has 4 nitrogen and oxygen atoms in total. The summed E-state index contributed by atoms with van der Waals surface area (Å²) in [5, 5.41) is 14.9. The molecule has 0 fully saturated rings. The molecule has 0 saturated heterocycles. The second-order valence-electron chi connectivity index (χ2n) is 4.45. The highest BCUT2D eigenvalue weighted by molar-refractivity contribution is 6.35. The minimum Gasteiger partial charge on any atom is -0.373 e. The summed E-state index contributed by atoms with van der Waals surface area (Å²) in [7, 11) is 0. The molecule has 0 aromatic heterocycles. The number of nitrogens with zero attached hydrogens (tertiary/aromatic N) is 1. The van der Waals surface area contributed by atoms with Crippen molar-refractivity contribution in [2.24, 2.45) is 0 Å². The molecule has 2 aromatic carbocycles. The van der Waals surface area contributed by atoms with E-state index in [2.05, 4.69) is 5.32 Å². The van der Waals surface area contributed by atoms with Crippen molar-refractivity contribution < 1.29 is 9.31 Å². The monoisotopic (exact) mass is 328 g/mol. The number of rotatable bonds is 4. The molecule has 1 N–H and O–H groups in total. The Kier molecular flexibility index (Phi) is 4.65. The van der Waals surface area contributed by atoms with Crippen LogP contribution in [0.4, 0.5) is 15.8 Å². The van der Waals surface area contributed by atoms with Crippen LogP contribution in [0.5, 0.6) is 0 Å². The summed E-state index contributed by atoms with van der Waals surface area (Å²) < 4.78 is 13.1. The molecule has 21 heavy (non-hydrogen) atoms. The van der Waals surface area contributed by atoms with E-state index in [0.717, 1.165) is 17.7 Å². The van der Waals surface area contributed by atoms with Gasteiger partial charge in [0, 0.05) is 10.0 Å². The lowest BCUT2D eigenvalue weighted by atomic mass is 10.1. The molecule has 0 aliphatic carbocycles. The van der Waals surface area contributed by atoms with Crippen molar-refractivity contribution in [1.82, 2.24) is 0 Å². The van der Waals surface area contributed by atoms with Gasteiger partial charge in [0.25, 0.3) is 5.69 Å². The van der Waals surface area contributed by atoms with E-state index in [1.54, 1.807) is 25.1 Å². The predicted octanol–water partition coefficient (Wildman–Crippen LogP) is 5.21. The maximum Gasteiger partial charge on any atom is 0.295 e. The van der Waals surface area contributed by atoms with Crippen LogP contribution >= 0.6 is 23.2 Å². The lowest BCUT2D eigenvalue weighted by Gasteiger charge is -2.17. The van der Waals surface area contributed by atoms with Gasteiger partial charge in [0.2, 0.25) is 0 Å². The minimum atomic E-state index is -0.663. The fraction of sp³-hybridized carbons (Fsp3) is 0.143. The first-order valence-electron chi connectivity index (χ1n) is 6.04. The summed E-state index contributed by atoms with van der Waals surface area (Å²) in [6.07, 6.45) is 0. The van der Waals surface area contributed by atoms with E-state index >= 15 is 0 Å². The van der Waals surface area contributed by atoms with Crippen molar-refractivity contribution >= 4 is 34.6 Å². The normalized spacial score (nSPS) is 12.0. The van der Waals surface area contributed by atoms with Crippen LogP contribution in [0, 0.1) is 15.9 Å². The number of nitrogens with one attached hydrogen (secondary N) is 1. The Bertz CT molecular complexity index is 695. The van der Waals surface area contributed by atoms with Gasteiger partial charge in [0.15, 0.2) is 0 Å². The average Bonchev–Trinajstić information content (AvgIpc) is 2.40. The maximum atomic E-state index is 13.1. The Labute approximate surface area is 130 Å². The highest BCUT2D eigenvalue weighted by Gasteiger charge is 2.18. The smallest absolute Gasteiger partial charge is 0.295 e. The summed E-state index contributed by atoms with van der Waals surface area (Å²) in [5.74, 6) is -0.663. The van der Waals surface area contributed by atoms with Gasteiger partial charge < -0.3 is 5.32 Å². The highest BCUT2D eigenvalue weighted by Crippen LogP contribution is 2.32. The second kappa shape index (κ2) is 6.28. The number of nitro groups is 1. The van der Waals surface area contributed by atoms with E-state index in [1.165, 1.54) is 6.07 Å². The molecule has 0 aliphatic rings. The molecule has 110 valence electrons. The van der Waals surface area contributed by atoms with Gasteiger partial charge in [-0.3, -0.25) is 10.1 Å². The third-order valence-electron chi connectivity index (χ3n) is 2.96. The summed E-state index contributed by atoms with van der Waals surface area (Å²) in [5.41, 5.74) is 0.631. The fourth-order valence-electron chi connectivity index (χ4n) is 1.94. The quantitative estimate of drug-likeness (QED) is 0.618. The minimum absolute atomic E-state index is 0.222. The van der Waals surface area contributed by atoms with Crippen molar-refractivity contribution in [1.29, 1.82) is 0 Å². The number of benzene rings is 2. The van der Waals surface area contributed by atoms with Gasteiger partial charge in [-0.1, -0.05) is 29.3 Å². The van der Waals surface area contributed by atoms with Crippen molar-refractivity contribution in [3.05, 3.63) is 67.9 Å². The van der Waals surface area contributed by atoms with E-state index in [0.29, 0.717) is 10.0 Å². The molecule has 0 saturated carbocycles. The van der Waals surface area contributed by atoms with Crippen LogP contribution in [-0.2, 0) is 0 Å². The van der Waals surface area contributed by atoms with Crippen LogP contribution in [0.25, 0.3) is 0 Å². The van der Waals surface area contributed by atoms with Crippen LogP contribution in [-0.4, -0.2) is 4.92 Å². The third-order valence-corrected chi connectivity index (χ3v) is 3.52. The first kappa shape index (κ1) is 15.5. The summed E-state index contributed by atoms with van der Waals surface area (Å²) in [6, 6.07) is 8.06. The van der Waals surface area contributed by atoms with Crippen LogP contribution in [0.3, 0.4) is 0 Å². The van der Waals surface area contributed by atoms with Crippen molar-refractivity contribution in [2.45, 2.75) is 13.0 Å². The van der Waals surface area contributed by atoms with Gasteiger partial charge in [-0.2, -0.15) is 0 Å². The molecule has 2 rings (SSSR count). The predicted molar refractivity (Wildman–Crippen MR) is 81.6 cm³/mol. The molecule has 0 spiro atoms. The molecule has 0 bridgehead atoms. The van der Waals surface area contributed by atoms with E-state index in [1.807, 2.05) is 0 Å². The largest absolute Gasteiger partial charge is 0.373 e. The first-order valence-corrected chi connectivity index (χ1v) is 6.79. The molecule has 1 unspecified atom stereocenters. The van der Waals surface area contributed by atoms with Crippen LogP contribution in [0.15, 0.2) is 36.4 Å². The second-order valence-corrected chi connectivity index (χ2v) is 5.29. The molecule has 0 aliphatic heterocycles. The van der Waals surface area contributed by atoms with E-state index in [4.69, 9.17) is 23.2 Å². The van der Waals surface area contributed by atoms with Crippen LogP contribution in [0.1, 0.15) is 18.5 Å². The first-order chi connectivity index (χ1) is 9.88. The third kappa shape index (κ3) is 3.62. The maximum absolute atomic E-state index is 13.1. The Hall–Kier alpha value is -1.85. The molecular weight excluding hydrogens is 318 g/mol. The SMILES string of the molecule is CC(Nc1ccc(F)cc1[N+](=O)[O-])c1ccc(Cl)cc1Cl. The lowest BCUT2D eigenvalue weighted by molar-refractivity contribution is -0.384. The zero-order valence-corrected chi connectivity index (χ0v) is 12.5. The summed E-state index contributed by atoms with van der Waals surface area (Å²) >= 11 is 11.9. The zero-order chi connectivity index (χ0) is 15.6. The van der Waals surface area contributed by atoms with Gasteiger partial charge in [0.05, 0.1) is 17.0 Å². The van der Waals surface area contributed by atoms with Gasteiger partial charge in [0.1, 0.15) is 11.5 Å². The fourth-order valence-corrected chi connectivity index (χ4v) is 2.51. The molecule has 0 heterocycles. The Morgan fingerprint density at radius 3 is 2.57 bits per heavy atom. The Morgan fingerprint density at radius 2 is 1.95 bits per heavy atom. The molecule has 0 amide bonds. The van der Waals surface area contributed by atoms with Gasteiger partial charge in [-0.05, 0) is 36.8 Å². The molecule has 2 aromatic rings. The van der Waals surface area contributed by atoms with Crippen molar-refractivity contribution in [2.75, 3.05) is 5.32 Å². The van der Waals surface area contributed by atoms with Gasteiger partial charge in [-0.15, -0.1) is 0 Å². The molecular formula is C14H11Cl2FN2O2. The standard InChI is InChI=1S/C14H11Cl2FN2O2/c1-8(11-4-2-9(15)6-12(11)16)18-13-5-3-10(17)7-14(13)19(20)21/h2-8,18H,1H3. The van der Waals surface area contributed by atoms with Gasteiger partial charge in [-0.25, -0.2) is 4.39 Å². The van der Waals surface area contributed by atoms with Crippen LogP contribution in [0.2, 0.25) is 10.0 Å². The molecule has 7 heteroatoms. The van der Waals surface area contributed by atoms with Crippen LogP contribution < -0.4 is 5.32 Å². The average molecular weight is 329 g/mol. The van der Waals surface area contributed by atoms with Crippen molar-refractivity contribution in [3.8, 4) is 0 Å². The topological polar surface area (TPSA) is 55.2 Å². The Balaban J connectivity index is 2.31. The summed E-state index contributed by atoms with van der Waals surface area (Å²) in [4.78, 5) is 10.3. The van der Waals surface area contributed by atoms with E-state index in [9.17, 15) is 14.5 Å². The zero-order valence-electron chi connectivity index (χ0n) is 10.9. The number of hydrogen-bond acceptors (Lipinski definition) is 3. The number of nitro benzene ring substituents is 1. The molecule has 0 radical (unpaired) electrons. The number of hydrogen-bond donors (Lipinski definition) is 1.